The first-order valence-electron chi connectivity index (χ1n) is 19.7. The highest BCUT2D eigenvalue weighted by Gasteiger charge is 2.19. The van der Waals surface area contributed by atoms with Crippen molar-refractivity contribution in [2.75, 3.05) is 4.90 Å². The summed E-state index contributed by atoms with van der Waals surface area (Å²) in [6, 6.07) is 82.1. The fourth-order valence-corrected chi connectivity index (χ4v) is 8.95. The van der Waals surface area contributed by atoms with Crippen LogP contribution < -0.4 is 4.90 Å². The predicted molar refractivity (Wildman–Crippen MR) is 245 cm³/mol. The van der Waals surface area contributed by atoms with Gasteiger partial charge in [0.1, 0.15) is 0 Å². The second kappa shape index (κ2) is 13.7. The van der Waals surface area contributed by atoms with E-state index >= 15 is 0 Å². The molecule has 0 atom stereocenters. The topological polar surface area (TPSA) is 3.24 Å². The Morgan fingerprint density at radius 2 is 0.754 bits per heavy atom. The molecule has 0 aliphatic rings. The summed E-state index contributed by atoms with van der Waals surface area (Å²) in [5.41, 5.74) is 10.5. The van der Waals surface area contributed by atoms with Crippen LogP contribution in [0.5, 0.6) is 0 Å². The van der Waals surface area contributed by atoms with Crippen molar-refractivity contribution in [1.82, 2.24) is 0 Å². The van der Waals surface area contributed by atoms with Crippen molar-refractivity contribution >= 4 is 70.9 Å². The molecular formula is C56H37N. The number of para-hydroxylation sites is 1. The number of anilines is 3. The summed E-state index contributed by atoms with van der Waals surface area (Å²) in [5, 5.41) is 12.7. The molecule has 1 heteroatoms. The van der Waals surface area contributed by atoms with Gasteiger partial charge in [0.25, 0.3) is 0 Å². The van der Waals surface area contributed by atoms with E-state index in [2.05, 4.69) is 229 Å². The van der Waals surface area contributed by atoms with Crippen LogP contribution in [0, 0.1) is 0 Å². The Balaban J connectivity index is 1.11. The van der Waals surface area contributed by atoms with Gasteiger partial charge in [0.2, 0.25) is 0 Å². The van der Waals surface area contributed by atoms with E-state index in [-0.39, 0.29) is 0 Å². The number of nitrogens with zero attached hydrogens (tertiary/aromatic N) is 1. The molecule has 0 radical (unpaired) electrons. The maximum Gasteiger partial charge on any atom is 0.0540 e. The SMILES string of the molecule is c1ccc(-c2ccccc2N(c2ccc(-c3cc4ccccc4c4ccccc34)cc2)c2cccc(-c3cc4c5ccccc5ccc4c4ccccc34)c2)cc1. The number of hydrogen-bond acceptors (Lipinski definition) is 1. The number of hydrogen-bond donors (Lipinski definition) is 0. The van der Waals surface area contributed by atoms with Crippen molar-refractivity contribution in [2.24, 2.45) is 0 Å². The number of benzene rings is 11. The Labute approximate surface area is 332 Å². The van der Waals surface area contributed by atoms with E-state index in [0.29, 0.717) is 0 Å². The normalized spacial score (nSPS) is 11.5. The van der Waals surface area contributed by atoms with Crippen LogP contribution in [-0.2, 0) is 0 Å². The number of rotatable bonds is 6. The molecule has 1 nitrogen and oxygen atoms in total. The molecule has 11 aromatic rings. The molecule has 0 fully saturated rings. The third-order valence-electron chi connectivity index (χ3n) is 11.6. The van der Waals surface area contributed by atoms with Crippen LogP contribution >= 0.6 is 0 Å². The van der Waals surface area contributed by atoms with Gasteiger partial charge in [-0.3, -0.25) is 0 Å². The van der Waals surface area contributed by atoms with Crippen molar-refractivity contribution < 1.29 is 0 Å². The van der Waals surface area contributed by atoms with E-state index in [4.69, 9.17) is 0 Å². The Morgan fingerprint density at radius 1 is 0.228 bits per heavy atom. The molecule has 11 aromatic carbocycles. The molecule has 0 unspecified atom stereocenters. The van der Waals surface area contributed by atoms with E-state index in [0.717, 1.165) is 17.1 Å². The molecule has 11 rings (SSSR count). The molecule has 266 valence electrons. The van der Waals surface area contributed by atoms with E-state index in [9.17, 15) is 0 Å². The Kier molecular flexibility index (Phi) is 7.89. The van der Waals surface area contributed by atoms with Crippen molar-refractivity contribution in [3.8, 4) is 33.4 Å². The van der Waals surface area contributed by atoms with Gasteiger partial charge in [-0.25, -0.2) is 0 Å². The smallest absolute Gasteiger partial charge is 0.0540 e. The molecule has 57 heavy (non-hydrogen) atoms. The second-order valence-corrected chi connectivity index (χ2v) is 14.9. The molecule has 0 saturated carbocycles. The largest absolute Gasteiger partial charge is 0.310 e. The minimum atomic E-state index is 1.10. The Morgan fingerprint density at radius 3 is 1.51 bits per heavy atom. The van der Waals surface area contributed by atoms with Gasteiger partial charge in [-0.15, -0.1) is 0 Å². The maximum atomic E-state index is 2.42. The average Bonchev–Trinajstić information content (AvgIpc) is 3.29. The van der Waals surface area contributed by atoms with E-state index in [1.165, 1.54) is 87.2 Å². The van der Waals surface area contributed by atoms with E-state index < -0.39 is 0 Å². The van der Waals surface area contributed by atoms with Gasteiger partial charge in [0.05, 0.1) is 5.69 Å². The highest BCUT2D eigenvalue weighted by molar-refractivity contribution is 6.21. The van der Waals surface area contributed by atoms with Crippen molar-refractivity contribution in [1.29, 1.82) is 0 Å². The van der Waals surface area contributed by atoms with Gasteiger partial charge < -0.3 is 4.90 Å². The van der Waals surface area contributed by atoms with Crippen LogP contribution in [0.3, 0.4) is 0 Å². The van der Waals surface area contributed by atoms with Gasteiger partial charge in [0, 0.05) is 16.9 Å². The van der Waals surface area contributed by atoms with Gasteiger partial charge in [-0.1, -0.05) is 182 Å². The summed E-state index contributed by atoms with van der Waals surface area (Å²) >= 11 is 0. The summed E-state index contributed by atoms with van der Waals surface area (Å²) in [7, 11) is 0. The standard InChI is InChI=1S/C56H37N/c1-2-15-38(16-3-1)47-23-12-13-28-56(47)57(43-32-29-40(30-33-43)53-36-42-18-5-7-22-46(42)48-24-8-10-26-50(48)53)44-20-14-19-41(35-44)54-37-55-45-21-6-4-17-39(45)31-34-52(55)49-25-9-11-27-51(49)54/h1-37H. The highest BCUT2D eigenvalue weighted by Crippen LogP contribution is 2.45. The van der Waals surface area contributed by atoms with Crippen LogP contribution in [0.25, 0.3) is 87.2 Å². The summed E-state index contributed by atoms with van der Waals surface area (Å²) < 4.78 is 0. The third kappa shape index (κ3) is 5.63. The Bertz CT molecular complexity index is 3290. The molecule has 0 N–H and O–H groups in total. The number of fused-ring (bicyclic) bond motifs is 8. The first-order chi connectivity index (χ1) is 28.3. The predicted octanol–water partition coefficient (Wildman–Crippen LogP) is 15.9. The fourth-order valence-electron chi connectivity index (χ4n) is 8.95. The van der Waals surface area contributed by atoms with Gasteiger partial charge in [-0.2, -0.15) is 0 Å². The first kappa shape index (κ1) is 32.9. The van der Waals surface area contributed by atoms with Crippen LogP contribution in [0.1, 0.15) is 0 Å². The van der Waals surface area contributed by atoms with E-state index in [1.54, 1.807) is 0 Å². The summed E-state index contributed by atoms with van der Waals surface area (Å²) in [6.45, 7) is 0. The van der Waals surface area contributed by atoms with Crippen LogP contribution in [-0.4, -0.2) is 0 Å². The monoisotopic (exact) mass is 723 g/mol. The first-order valence-corrected chi connectivity index (χ1v) is 19.7. The van der Waals surface area contributed by atoms with Crippen molar-refractivity contribution in [3.63, 3.8) is 0 Å². The van der Waals surface area contributed by atoms with Gasteiger partial charge >= 0.3 is 0 Å². The molecule has 0 aliphatic heterocycles. The van der Waals surface area contributed by atoms with Crippen LogP contribution in [0.2, 0.25) is 0 Å². The highest BCUT2D eigenvalue weighted by atomic mass is 15.1. The lowest BCUT2D eigenvalue weighted by atomic mass is 9.90. The fraction of sp³-hybridized carbons (Fsp3) is 0. The molecular weight excluding hydrogens is 687 g/mol. The summed E-state index contributed by atoms with van der Waals surface area (Å²) in [4.78, 5) is 2.42. The van der Waals surface area contributed by atoms with Gasteiger partial charge in [0.15, 0.2) is 0 Å². The minimum Gasteiger partial charge on any atom is -0.310 e. The zero-order valence-corrected chi connectivity index (χ0v) is 31.3. The summed E-state index contributed by atoms with van der Waals surface area (Å²) in [5.74, 6) is 0. The van der Waals surface area contributed by atoms with Crippen LogP contribution in [0.15, 0.2) is 224 Å². The average molecular weight is 724 g/mol. The van der Waals surface area contributed by atoms with Gasteiger partial charge in [-0.05, 0) is 124 Å². The molecule has 0 aliphatic carbocycles. The Hall–Kier alpha value is -7.48. The molecule has 0 heterocycles. The minimum absolute atomic E-state index is 1.10. The third-order valence-corrected chi connectivity index (χ3v) is 11.6. The lowest BCUT2D eigenvalue weighted by Gasteiger charge is -2.28. The molecule has 0 spiro atoms. The van der Waals surface area contributed by atoms with Crippen LogP contribution in [0.4, 0.5) is 17.1 Å². The molecule has 0 saturated heterocycles. The maximum absolute atomic E-state index is 2.42. The van der Waals surface area contributed by atoms with E-state index in [1.807, 2.05) is 0 Å². The molecule has 0 bridgehead atoms. The lowest BCUT2D eigenvalue weighted by molar-refractivity contribution is 1.28. The zero-order valence-electron chi connectivity index (χ0n) is 31.3. The molecule has 0 aromatic heterocycles. The quantitative estimate of drug-likeness (QED) is 0.154. The summed E-state index contributed by atoms with van der Waals surface area (Å²) in [6.07, 6.45) is 0. The zero-order chi connectivity index (χ0) is 37.7. The lowest BCUT2D eigenvalue weighted by Crippen LogP contribution is -2.11. The van der Waals surface area contributed by atoms with Crippen molar-refractivity contribution in [3.05, 3.63) is 224 Å². The second-order valence-electron chi connectivity index (χ2n) is 14.9. The molecule has 0 amide bonds. The van der Waals surface area contributed by atoms with Crippen molar-refractivity contribution in [2.45, 2.75) is 0 Å².